The second-order valence-corrected chi connectivity index (χ2v) is 8.19. The number of unbranched alkanes of at least 4 members (excludes halogenated alkanes) is 9. The molecule has 0 aromatic heterocycles. The van der Waals surface area contributed by atoms with Crippen LogP contribution in [0.5, 0.6) is 0 Å². The fraction of sp³-hybridized carbons (Fsp3) is 0.696. The Morgan fingerprint density at radius 2 is 1.41 bits per heavy atom. The van der Waals surface area contributed by atoms with Crippen molar-refractivity contribution in [1.82, 2.24) is 0 Å². The molecule has 1 aromatic rings. The van der Waals surface area contributed by atoms with Gasteiger partial charge in [-0.25, -0.2) is 4.79 Å². The summed E-state index contributed by atoms with van der Waals surface area (Å²) in [5, 5.41) is 2.75. The zero-order valence-electron chi connectivity index (χ0n) is 17.8. The Morgan fingerprint density at radius 3 is 2.00 bits per heavy atom. The number of nitrogens with one attached hydrogen (secondary N) is 1. The largest absolute Gasteiger partial charge is 0.443 e. The molecule has 0 atom stereocenters. The highest BCUT2D eigenvalue weighted by molar-refractivity contribution is 5.84. The predicted molar refractivity (Wildman–Crippen MR) is 115 cm³/mol. The number of benzene rings is 1. The highest BCUT2D eigenvalue weighted by atomic mass is 16.5. The van der Waals surface area contributed by atoms with Gasteiger partial charge >= 0.3 is 6.09 Å². The minimum Gasteiger partial charge on any atom is -0.443 e. The standard InChI is InChI=1S/C23H40N2O2/c1-4-5-6-7-8-9-10-11-12-16-19-25(2,3)20-21-27-23(26)24-22-17-14-13-15-18-22/h13-15,17-18H,4-12,16,19-21H2,1-3H3/p+1. The van der Waals surface area contributed by atoms with Gasteiger partial charge in [0.25, 0.3) is 0 Å². The molecule has 0 spiro atoms. The number of likely N-dealkylation sites (N-methyl/N-ethyl adjacent to an activating group) is 1. The molecule has 0 fully saturated rings. The van der Waals surface area contributed by atoms with Crippen LogP contribution in [-0.2, 0) is 4.74 Å². The van der Waals surface area contributed by atoms with E-state index >= 15 is 0 Å². The van der Waals surface area contributed by atoms with Gasteiger partial charge in [0.2, 0.25) is 0 Å². The summed E-state index contributed by atoms with van der Waals surface area (Å²) in [5.41, 5.74) is 0.765. The summed E-state index contributed by atoms with van der Waals surface area (Å²) in [6.07, 6.45) is 13.3. The van der Waals surface area contributed by atoms with E-state index in [4.69, 9.17) is 4.74 Å². The number of para-hydroxylation sites is 1. The van der Waals surface area contributed by atoms with Gasteiger partial charge in [0, 0.05) is 5.69 Å². The number of ether oxygens (including phenoxy) is 1. The van der Waals surface area contributed by atoms with E-state index in [1.807, 2.05) is 30.3 Å². The molecule has 0 heterocycles. The van der Waals surface area contributed by atoms with Crippen LogP contribution in [0.2, 0.25) is 0 Å². The molecule has 4 nitrogen and oxygen atoms in total. The smallest absolute Gasteiger partial charge is 0.411 e. The first-order valence-corrected chi connectivity index (χ1v) is 10.8. The van der Waals surface area contributed by atoms with Crippen LogP contribution in [0.3, 0.4) is 0 Å². The van der Waals surface area contributed by atoms with Crippen molar-refractivity contribution in [1.29, 1.82) is 0 Å². The highest BCUT2D eigenvalue weighted by Crippen LogP contribution is 2.12. The average Bonchev–Trinajstić information content (AvgIpc) is 2.64. The van der Waals surface area contributed by atoms with Crippen LogP contribution in [0, 0.1) is 0 Å². The Kier molecular flexibility index (Phi) is 12.6. The van der Waals surface area contributed by atoms with E-state index in [0.717, 1.165) is 23.3 Å². The zero-order chi connectivity index (χ0) is 19.8. The maximum atomic E-state index is 11.8. The van der Waals surface area contributed by atoms with Gasteiger partial charge in [-0.05, 0) is 25.0 Å². The number of rotatable bonds is 15. The molecule has 0 aliphatic heterocycles. The van der Waals surface area contributed by atoms with Crippen molar-refractivity contribution >= 4 is 11.8 Å². The van der Waals surface area contributed by atoms with Crippen molar-refractivity contribution in [2.24, 2.45) is 0 Å². The van der Waals surface area contributed by atoms with Crippen molar-refractivity contribution in [3.8, 4) is 0 Å². The summed E-state index contributed by atoms with van der Waals surface area (Å²) >= 11 is 0. The Labute approximate surface area is 166 Å². The number of hydrogen-bond donors (Lipinski definition) is 1. The number of hydrogen-bond acceptors (Lipinski definition) is 2. The van der Waals surface area contributed by atoms with Gasteiger partial charge in [0.1, 0.15) is 13.2 Å². The molecule has 1 rings (SSSR count). The molecule has 0 unspecified atom stereocenters. The molecule has 27 heavy (non-hydrogen) atoms. The van der Waals surface area contributed by atoms with Crippen LogP contribution in [0.25, 0.3) is 0 Å². The number of amides is 1. The second kappa shape index (κ2) is 14.5. The van der Waals surface area contributed by atoms with E-state index in [1.165, 1.54) is 64.2 Å². The van der Waals surface area contributed by atoms with Gasteiger partial charge in [-0.3, -0.25) is 5.32 Å². The van der Waals surface area contributed by atoms with Crippen LogP contribution in [-0.4, -0.2) is 44.4 Å². The maximum absolute atomic E-state index is 11.8. The third-order valence-electron chi connectivity index (χ3n) is 5.07. The minimum absolute atomic E-state index is 0.375. The Morgan fingerprint density at radius 1 is 0.852 bits per heavy atom. The van der Waals surface area contributed by atoms with Crippen molar-refractivity contribution in [2.75, 3.05) is 39.1 Å². The molecular formula is C23H41N2O2+. The predicted octanol–water partition coefficient (Wildman–Crippen LogP) is 6.23. The zero-order valence-corrected chi connectivity index (χ0v) is 17.8. The lowest BCUT2D eigenvalue weighted by atomic mass is 10.1. The molecule has 0 aliphatic rings. The van der Waals surface area contributed by atoms with Crippen molar-refractivity contribution < 1.29 is 14.0 Å². The normalized spacial score (nSPS) is 11.4. The SMILES string of the molecule is CCCCCCCCCCCC[N+](C)(C)CCOC(=O)Nc1ccccc1. The molecule has 0 aliphatic carbocycles. The molecule has 0 bridgehead atoms. The summed E-state index contributed by atoms with van der Waals surface area (Å²) in [7, 11) is 4.43. The van der Waals surface area contributed by atoms with E-state index in [2.05, 4.69) is 26.3 Å². The Balaban J connectivity index is 1.99. The summed E-state index contributed by atoms with van der Waals surface area (Å²) < 4.78 is 6.21. The first kappa shape index (κ1) is 23.5. The molecular weight excluding hydrogens is 336 g/mol. The van der Waals surface area contributed by atoms with E-state index in [9.17, 15) is 4.79 Å². The number of carbonyl (C=O) groups is 1. The summed E-state index contributed by atoms with van der Waals surface area (Å²) in [6.45, 7) is 4.70. The van der Waals surface area contributed by atoms with Crippen LogP contribution >= 0.6 is 0 Å². The summed E-state index contributed by atoms with van der Waals surface area (Å²) in [5.74, 6) is 0. The molecule has 1 amide bonds. The first-order valence-electron chi connectivity index (χ1n) is 10.8. The van der Waals surface area contributed by atoms with Gasteiger partial charge in [0.15, 0.2) is 0 Å². The monoisotopic (exact) mass is 377 g/mol. The van der Waals surface area contributed by atoms with Crippen molar-refractivity contribution in [3.05, 3.63) is 30.3 Å². The third-order valence-corrected chi connectivity index (χ3v) is 5.07. The van der Waals surface area contributed by atoms with Crippen LogP contribution in [0.15, 0.2) is 30.3 Å². The second-order valence-electron chi connectivity index (χ2n) is 8.19. The third kappa shape index (κ3) is 13.3. The molecule has 0 radical (unpaired) electrons. The van der Waals surface area contributed by atoms with Gasteiger partial charge in [-0.1, -0.05) is 76.5 Å². The lowest BCUT2D eigenvalue weighted by Crippen LogP contribution is -2.43. The van der Waals surface area contributed by atoms with Crippen LogP contribution < -0.4 is 5.32 Å². The molecule has 1 aromatic carbocycles. The Hall–Kier alpha value is -1.55. The van der Waals surface area contributed by atoms with E-state index in [0.29, 0.717) is 6.61 Å². The minimum atomic E-state index is -0.375. The maximum Gasteiger partial charge on any atom is 0.411 e. The number of quaternary nitrogens is 1. The number of nitrogens with zero attached hydrogens (tertiary/aromatic N) is 1. The fourth-order valence-corrected chi connectivity index (χ4v) is 3.20. The van der Waals surface area contributed by atoms with Gasteiger partial charge in [0.05, 0.1) is 20.6 Å². The topological polar surface area (TPSA) is 38.3 Å². The molecule has 0 saturated heterocycles. The highest BCUT2D eigenvalue weighted by Gasteiger charge is 2.15. The summed E-state index contributed by atoms with van der Waals surface area (Å²) in [6, 6.07) is 9.41. The first-order chi connectivity index (χ1) is 13.0. The molecule has 0 saturated carbocycles. The number of anilines is 1. The van der Waals surface area contributed by atoms with Crippen LogP contribution in [0.1, 0.15) is 71.1 Å². The number of carbonyl (C=O) groups excluding carboxylic acids is 1. The molecule has 154 valence electrons. The van der Waals surface area contributed by atoms with Crippen molar-refractivity contribution in [3.63, 3.8) is 0 Å². The fourth-order valence-electron chi connectivity index (χ4n) is 3.20. The van der Waals surface area contributed by atoms with Crippen molar-refractivity contribution in [2.45, 2.75) is 71.1 Å². The average molecular weight is 378 g/mol. The van der Waals surface area contributed by atoms with E-state index in [1.54, 1.807) is 0 Å². The van der Waals surface area contributed by atoms with E-state index < -0.39 is 0 Å². The Bertz CT molecular complexity index is 488. The lowest BCUT2D eigenvalue weighted by Gasteiger charge is -2.29. The molecule has 4 heteroatoms. The van der Waals surface area contributed by atoms with Crippen LogP contribution in [0.4, 0.5) is 10.5 Å². The van der Waals surface area contributed by atoms with Gasteiger partial charge < -0.3 is 9.22 Å². The summed E-state index contributed by atoms with van der Waals surface area (Å²) in [4.78, 5) is 11.8. The lowest BCUT2D eigenvalue weighted by molar-refractivity contribution is -0.890. The quantitative estimate of drug-likeness (QED) is 0.290. The van der Waals surface area contributed by atoms with Gasteiger partial charge in [-0.2, -0.15) is 0 Å². The van der Waals surface area contributed by atoms with Gasteiger partial charge in [-0.15, -0.1) is 0 Å². The van der Waals surface area contributed by atoms with E-state index in [-0.39, 0.29) is 6.09 Å². The molecule has 1 N–H and O–H groups in total.